The van der Waals surface area contributed by atoms with Crippen LogP contribution in [0, 0.1) is 11.8 Å². The number of hydrogen-bond donors (Lipinski definition) is 2. The summed E-state index contributed by atoms with van der Waals surface area (Å²) in [5, 5.41) is 2.92. The van der Waals surface area contributed by atoms with Gasteiger partial charge in [0.25, 0.3) is 0 Å². The van der Waals surface area contributed by atoms with E-state index in [1.54, 1.807) is 0 Å². The van der Waals surface area contributed by atoms with Gasteiger partial charge < -0.3 is 11.1 Å². The van der Waals surface area contributed by atoms with Crippen molar-refractivity contribution < 1.29 is 4.79 Å². The summed E-state index contributed by atoms with van der Waals surface area (Å²) >= 11 is 4.92. The lowest BCUT2D eigenvalue weighted by molar-refractivity contribution is -0.126. The SMILES string of the molecule is CC1CCCC1C(=O)NC(C)(C)C(N)=S. The average molecular weight is 228 g/mol. The molecule has 1 amide bonds. The maximum Gasteiger partial charge on any atom is 0.224 e. The molecule has 0 spiro atoms. The molecule has 0 bridgehead atoms. The van der Waals surface area contributed by atoms with Crippen molar-refractivity contribution in [2.75, 3.05) is 0 Å². The number of amides is 1. The zero-order valence-electron chi connectivity index (χ0n) is 9.67. The number of nitrogens with one attached hydrogen (secondary N) is 1. The van der Waals surface area contributed by atoms with Crippen molar-refractivity contribution >= 4 is 23.1 Å². The van der Waals surface area contributed by atoms with Gasteiger partial charge in [-0.15, -0.1) is 0 Å². The highest BCUT2D eigenvalue weighted by Gasteiger charge is 2.33. The summed E-state index contributed by atoms with van der Waals surface area (Å²) < 4.78 is 0. The summed E-state index contributed by atoms with van der Waals surface area (Å²) in [7, 11) is 0. The van der Waals surface area contributed by atoms with E-state index in [9.17, 15) is 4.79 Å². The third-order valence-electron chi connectivity index (χ3n) is 3.25. The van der Waals surface area contributed by atoms with Crippen LogP contribution in [0.25, 0.3) is 0 Å². The van der Waals surface area contributed by atoms with Gasteiger partial charge in [0.15, 0.2) is 0 Å². The summed E-state index contributed by atoms with van der Waals surface area (Å²) in [5.41, 5.74) is 4.99. The van der Waals surface area contributed by atoms with Gasteiger partial charge in [0.05, 0.1) is 10.5 Å². The second-order valence-corrected chi connectivity index (χ2v) is 5.43. The van der Waals surface area contributed by atoms with Gasteiger partial charge in [0.2, 0.25) is 5.91 Å². The van der Waals surface area contributed by atoms with Gasteiger partial charge in [0.1, 0.15) is 0 Å². The summed E-state index contributed by atoms with van der Waals surface area (Å²) in [6.45, 7) is 5.81. The molecule has 15 heavy (non-hydrogen) atoms. The van der Waals surface area contributed by atoms with Gasteiger partial charge >= 0.3 is 0 Å². The van der Waals surface area contributed by atoms with Gasteiger partial charge in [-0.2, -0.15) is 0 Å². The highest BCUT2D eigenvalue weighted by Crippen LogP contribution is 2.31. The zero-order chi connectivity index (χ0) is 11.6. The first-order valence-corrected chi connectivity index (χ1v) is 5.87. The van der Waals surface area contributed by atoms with E-state index in [0.29, 0.717) is 10.9 Å². The Balaban J connectivity index is 2.59. The molecule has 0 aromatic rings. The largest absolute Gasteiger partial charge is 0.391 e. The highest BCUT2D eigenvalue weighted by atomic mass is 32.1. The van der Waals surface area contributed by atoms with Crippen molar-refractivity contribution in [3.8, 4) is 0 Å². The lowest BCUT2D eigenvalue weighted by Gasteiger charge is -2.27. The Labute approximate surface area is 96.8 Å². The van der Waals surface area contributed by atoms with Crippen LogP contribution in [0.5, 0.6) is 0 Å². The molecule has 0 aliphatic heterocycles. The van der Waals surface area contributed by atoms with Crippen molar-refractivity contribution in [1.82, 2.24) is 5.32 Å². The van der Waals surface area contributed by atoms with E-state index in [1.165, 1.54) is 0 Å². The number of carbonyl (C=O) groups is 1. The monoisotopic (exact) mass is 228 g/mol. The zero-order valence-corrected chi connectivity index (χ0v) is 10.5. The van der Waals surface area contributed by atoms with Crippen LogP contribution in [0.2, 0.25) is 0 Å². The van der Waals surface area contributed by atoms with E-state index in [-0.39, 0.29) is 11.8 Å². The van der Waals surface area contributed by atoms with Crippen LogP contribution in [-0.4, -0.2) is 16.4 Å². The van der Waals surface area contributed by atoms with Crippen molar-refractivity contribution in [2.24, 2.45) is 17.6 Å². The molecule has 0 aromatic heterocycles. The lowest BCUT2D eigenvalue weighted by atomic mass is 9.95. The van der Waals surface area contributed by atoms with Crippen molar-refractivity contribution in [2.45, 2.75) is 45.6 Å². The molecule has 1 saturated carbocycles. The van der Waals surface area contributed by atoms with Crippen LogP contribution in [0.15, 0.2) is 0 Å². The van der Waals surface area contributed by atoms with E-state index < -0.39 is 5.54 Å². The molecule has 2 unspecified atom stereocenters. The minimum Gasteiger partial charge on any atom is -0.391 e. The number of carbonyl (C=O) groups excluding carboxylic acids is 1. The second kappa shape index (κ2) is 4.47. The van der Waals surface area contributed by atoms with Gasteiger partial charge in [-0.25, -0.2) is 0 Å². The fourth-order valence-corrected chi connectivity index (χ4v) is 2.05. The summed E-state index contributed by atoms with van der Waals surface area (Å²) in [6, 6.07) is 0. The lowest BCUT2D eigenvalue weighted by Crippen LogP contribution is -2.53. The van der Waals surface area contributed by atoms with E-state index in [1.807, 2.05) is 13.8 Å². The Morgan fingerprint density at radius 1 is 1.47 bits per heavy atom. The van der Waals surface area contributed by atoms with Gasteiger partial charge in [0, 0.05) is 5.92 Å². The molecule has 1 aliphatic carbocycles. The van der Waals surface area contributed by atoms with Crippen molar-refractivity contribution in [3.05, 3.63) is 0 Å². The highest BCUT2D eigenvalue weighted by molar-refractivity contribution is 7.80. The molecule has 0 saturated heterocycles. The predicted molar refractivity (Wildman–Crippen MR) is 65.5 cm³/mol. The number of rotatable bonds is 3. The van der Waals surface area contributed by atoms with Crippen LogP contribution in [0.1, 0.15) is 40.0 Å². The summed E-state index contributed by atoms with van der Waals surface area (Å²) in [4.78, 5) is 12.3. The standard InChI is InChI=1S/C11H20N2OS/c1-7-5-4-6-8(7)9(14)13-11(2,3)10(12)15/h7-8H,4-6H2,1-3H3,(H2,12,15)(H,13,14). The molecule has 0 heterocycles. The van der Waals surface area contributed by atoms with Crippen molar-refractivity contribution in [1.29, 1.82) is 0 Å². The van der Waals surface area contributed by atoms with Crippen LogP contribution in [-0.2, 0) is 4.79 Å². The molecule has 86 valence electrons. The van der Waals surface area contributed by atoms with Crippen LogP contribution >= 0.6 is 12.2 Å². The molecule has 1 aliphatic rings. The van der Waals surface area contributed by atoms with E-state index >= 15 is 0 Å². The third-order valence-corrected chi connectivity index (χ3v) is 3.76. The van der Waals surface area contributed by atoms with Crippen LogP contribution in [0.3, 0.4) is 0 Å². The van der Waals surface area contributed by atoms with Gasteiger partial charge in [-0.05, 0) is 32.6 Å². The molecular weight excluding hydrogens is 208 g/mol. The molecular formula is C11H20N2OS. The molecule has 0 radical (unpaired) electrons. The Morgan fingerprint density at radius 2 is 2.07 bits per heavy atom. The Kier molecular flexibility index (Phi) is 3.71. The maximum absolute atomic E-state index is 11.9. The Bertz CT molecular complexity index is 276. The second-order valence-electron chi connectivity index (χ2n) is 4.99. The fraction of sp³-hybridized carbons (Fsp3) is 0.818. The van der Waals surface area contributed by atoms with E-state index in [4.69, 9.17) is 18.0 Å². The van der Waals surface area contributed by atoms with E-state index in [0.717, 1.165) is 19.3 Å². The normalized spacial score (nSPS) is 26.3. The third kappa shape index (κ3) is 2.91. The molecule has 4 heteroatoms. The first-order valence-electron chi connectivity index (χ1n) is 5.46. The van der Waals surface area contributed by atoms with Crippen LogP contribution < -0.4 is 11.1 Å². The smallest absolute Gasteiger partial charge is 0.224 e. The number of nitrogens with two attached hydrogens (primary N) is 1. The van der Waals surface area contributed by atoms with Crippen LogP contribution in [0.4, 0.5) is 0 Å². The number of thiocarbonyl (C=S) groups is 1. The maximum atomic E-state index is 11.9. The number of hydrogen-bond acceptors (Lipinski definition) is 2. The van der Waals surface area contributed by atoms with Gasteiger partial charge in [-0.1, -0.05) is 25.6 Å². The topological polar surface area (TPSA) is 55.1 Å². The molecule has 2 atom stereocenters. The fourth-order valence-electron chi connectivity index (χ4n) is 2.00. The molecule has 0 aromatic carbocycles. The Morgan fingerprint density at radius 3 is 2.47 bits per heavy atom. The summed E-state index contributed by atoms with van der Waals surface area (Å²) in [5.74, 6) is 0.712. The molecule has 1 rings (SSSR count). The van der Waals surface area contributed by atoms with Crippen molar-refractivity contribution in [3.63, 3.8) is 0 Å². The Hall–Kier alpha value is -0.640. The first-order chi connectivity index (χ1) is 6.84. The molecule has 3 nitrogen and oxygen atoms in total. The predicted octanol–water partition coefficient (Wildman–Crippen LogP) is 1.60. The molecule has 1 fully saturated rings. The minimum atomic E-state index is -0.575. The minimum absolute atomic E-state index is 0.0952. The molecule has 3 N–H and O–H groups in total. The summed E-state index contributed by atoms with van der Waals surface area (Å²) in [6.07, 6.45) is 3.28. The van der Waals surface area contributed by atoms with Gasteiger partial charge in [-0.3, -0.25) is 4.79 Å². The quantitative estimate of drug-likeness (QED) is 0.721. The first kappa shape index (κ1) is 12.4. The van der Waals surface area contributed by atoms with E-state index in [2.05, 4.69) is 12.2 Å². The average Bonchev–Trinajstić information content (AvgIpc) is 2.50.